The maximum absolute atomic E-state index is 2.42. The Bertz CT molecular complexity index is 193. The molecule has 2 aliphatic rings. The smallest absolute Gasteiger partial charge is 0.0297 e. The van der Waals surface area contributed by atoms with E-state index >= 15 is 0 Å². The molecule has 0 nitrogen and oxygen atoms in total. The second-order valence-corrected chi connectivity index (χ2v) is 7.66. The molecule has 0 amide bonds. The molecule has 114 valence electrons. The maximum Gasteiger partial charge on any atom is -0.0297 e. The minimum Gasteiger partial charge on any atom is -0.0683 e. The van der Waals surface area contributed by atoms with Crippen LogP contribution in [0.15, 0.2) is 0 Å². The summed E-state index contributed by atoms with van der Waals surface area (Å²) in [7, 11) is 0. The van der Waals surface area contributed by atoms with Gasteiger partial charge in [-0.3, -0.25) is 0 Å². The fourth-order valence-electron chi connectivity index (χ4n) is 4.34. The van der Waals surface area contributed by atoms with Crippen molar-refractivity contribution in [1.82, 2.24) is 0 Å². The molecule has 2 fully saturated rings. The van der Waals surface area contributed by atoms with Crippen LogP contribution < -0.4 is 0 Å². The van der Waals surface area contributed by atoms with E-state index in [-0.39, 0.29) is 0 Å². The summed E-state index contributed by atoms with van der Waals surface area (Å²) in [6.45, 7) is 13.7. The molecule has 0 unspecified atom stereocenters. The van der Waals surface area contributed by atoms with Crippen molar-refractivity contribution >= 4 is 0 Å². The van der Waals surface area contributed by atoms with Gasteiger partial charge in [-0.15, -0.1) is 0 Å². The molecule has 2 saturated carbocycles. The fourth-order valence-corrected chi connectivity index (χ4v) is 4.34. The SMILES string of the molecule is CC.CC(C)C1CCC2(CC1)CCC(C(C)C)CC2. The van der Waals surface area contributed by atoms with Crippen LogP contribution in [-0.4, -0.2) is 0 Å². The molecule has 0 N–H and O–H groups in total. The first kappa shape index (κ1) is 17.1. The van der Waals surface area contributed by atoms with Crippen LogP contribution in [0.2, 0.25) is 0 Å². The van der Waals surface area contributed by atoms with Gasteiger partial charge in [0.05, 0.1) is 0 Å². The van der Waals surface area contributed by atoms with E-state index in [0.717, 1.165) is 29.1 Å². The van der Waals surface area contributed by atoms with E-state index in [9.17, 15) is 0 Å². The Morgan fingerprint density at radius 3 is 1.11 bits per heavy atom. The molecule has 0 bridgehead atoms. The minimum absolute atomic E-state index is 0.788. The topological polar surface area (TPSA) is 0 Å². The molecule has 0 aromatic heterocycles. The second-order valence-electron chi connectivity index (χ2n) is 7.66. The molecule has 2 aliphatic carbocycles. The summed E-state index contributed by atoms with van der Waals surface area (Å²) in [5, 5.41) is 0. The Balaban J connectivity index is 0.000000861. The molecule has 0 heteroatoms. The summed E-state index contributed by atoms with van der Waals surface area (Å²) < 4.78 is 0. The van der Waals surface area contributed by atoms with Crippen molar-refractivity contribution in [3.8, 4) is 0 Å². The summed E-state index contributed by atoms with van der Waals surface area (Å²) in [5.74, 6) is 3.89. The molecule has 0 aromatic rings. The zero-order chi connectivity index (χ0) is 14.5. The van der Waals surface area contributed by atoms with Gasteiger partial charge in [0.2, 0.25) is 0 Å². The van der Waals surface area contributed by atoms with E-state index in [2.05, 4.69) is 27.7 Å². The molecule has 19 heavy (non-hydrogen) atoms. The van der Waals surface area contributed by atoms with Crippen LogP contribution in [0.4, 0.5) is 0 Å². The second kappa shape index (κ2) is 7.70. The standard InChI is InChI=1S/C17H32.C2H6/c1-13(2)15-5-9-17(10-6-15)11-7-16(8-12-17)14(3)4;1-2/h13-16H,5-12H2,1-4H3;1-2H3. The quantitative estimate of drug-likeness (QED) is 0.522. The molecule has 0 aromatic carbocycles. The monoisotopic (exact) mass is 266 g/mol. The lowest BCUT2D eigenvalue weighted by atomic mass is 9.59. The van der Waals surface area contributed by atoms with Crippen molar-refractivity contribution in [1.29, 1.82) is 0 Å². The van der Waals surface area contributed by atoms with Gasteiger partial charge in [-0.2, -0.15) is 0 Å². The van der Waals surface area contributed by atoms with Crippen LogP contribution in [0.1, 0.15) is 92.9 Å². The van der Waals surface area contributed by atoms with Crippen molar-refractivity contribution in [2.24, 2.45) is 29.1 Å². The van der Waals surface area contributed by atoms with Gasteiger partial charge >= 0.3 is 0 Å². The molecular formula is C19H38. The van der Waals surface area contributed by atoms with Gasteiger partial charge in [0.25, 0.3) is 0 Å². The Labute approximate surface area is 122 Å². The summed E-state index contributed by atoms with van der Waals surface area (Å²) in [6.07, 6.45) is 12.2. The highest BCUT2D eigenvalue weighted by Crippen LogP contribution is 2.51. The summed E-state index contributed by atoms with van der Waals surface area (Å²) in [4.78, 5) is 0. The first-order valence-electron chi connectivity index (χ1n) is 9.02. The zero-order valence-electron chi connectivity index (χ0n) is 14.5. The van der Waals surface area contributed by atoms with Crippen molar-refractivity contribution < 1.29 is 0 Å². The Kier molecular flexibility index (Phi) is 6.91. The van der Waals surface area contributed by atoms with E-state index in [1.54, 1.807) is 25.7 Å². The minimum atomic E-state index is 0.788. The van der Waals surface area contributed by atoms with Crippen LogP contribution in [0.25, 0.3) is 0 Å². The molecule has 0 heterocycles. The summed E-state index contributed by atoms with van der Waals surface area (Å²) in [5.41, 5.74) is 0.788. The van der Waals surface area contributed by atoms with Gasteiger partial charge in [0, 0.05) is 0 Å². The summed E-state index contributed by atoms with van der Waals surface area (Å²) in [6, 6.07) is 0. The largest absolute Gasteiger partial charge is 0.0683 e. The number of rotatable bonds is 2. The highest BCUT2D eigenvalue weighted by Gasteiger charge is 2.39. The Morgan fingerprint density at radius 2 is 0.895 bits per heavy atom. The first-order chi connectivity index (χ1) is 9.02. The van der Waals surface area contributed by atoms with E-state index in [1.165, 1.54) is 25.7 Å². The lowest BCUT2D eigenvalue weighted by molar-refractivity contribution is 0.0547. The lowest BCUT2D eigenvalue weighted by Crippen LogP contribution is -2.34. The molecule has 2 rings (SSSR count). The zero-order valence-corrected chi connectivity index (χ0v) is 14.5. The third-order valence-corrected chi connectivity index (χ3v) is 6.07. The number of hydrogen-bond acceptors (Lipinski definition) is 0. The third kappa shape index (κ3) is 4.50. The lowest BCUT2D eigenvalue weighted by Gasteiger charge is -2.46. The van der Waals surface area contributed by atoms with Crippen LogP contribution in [-0.2, 0) is 0 Å². The average molecular weight is 267 g/mol. The number of hydrogen-bond donors (Lipinski definition) is 0. The third-order valence-electron chi connectivity index (χ3n) is 6.07. The Morgan fingerprint density at radius 1 is 0.632 bits per heavy atom. The van der Waals surface area contributed by atoms with Crippen molar-refractivity contribution in [3.05, 3.63) is 0 Å². The summed E-state index contributed by atoms with van der Waals surface area (Å²) >= 11 is 0. The van der Waals surface area contributed by atoms with E-state index in [4.69, 9.17) is 0 Å². The predicted octanol–water partition coefficient (Wildman–Crippen LogP) is 6.69. The Hall–Kier alpha value is 0. The van der Waals surface area contributed by atoms with Gasteiger partial charge in [0.1, 0.15) is 0 Å². The maximum atomic E-state index is 2.42. The molecular weight excluding hydrogens is 228 g/mol. The van der Waals surface area contributed by atoms with Crippen LogP contribution in [0, 0.1) is 29.1 Å². The van der Waals surface area contributed by atoms with E-state index in [0.29, 0.717) is 0 Å². The van der Waals surface area contributed by atoms with Gasteiger partial charge in [-0.1, -0.05) is 41.5 Å². The van der Waals surface area contributed by atoms with Crippen molar-refractivity contribution in [2.75, 3.05) is 0 Å². The normalized spacial score (nSPS) is 35.4. The van der Waals surface area contributed by atoms with Gasteiger partial charge in [-0.25, -0.2) is 0 Å². The highest BCUT2D eigenvalue weighted by molar-refractivity contribution is 4.90. The first-order valence-corrected chi connectivity index (χ1v) is 9.02. The van der Waals surface area contributed by atoms with Gasteiger partial charge < -0.3 is 0 Å². The van der Waals surface area contributed by atoms with Crippen LogP contribution in [0.3, 0.4) is 0 Å². The molecule has 0 saturated heterocycles. The highest BCUT2D eigenvalue weighted by atomic mass is 14.4. The van der Waals surface area contributed by atoms with E-state index < -0.39 is 0 Å². The van der Waals surface area contributed by atoms with Gasteiger partial charge in [0.15, 0.2) is 0 Å². The van der Waals surface area contributed by atoms with Crippen molar-refractivity contribution in [3.63, 3.8) is 0 Å². The van der Waals surface area contributed by atoms with Gasteiger partial charge in [-0.05, 0) is 80.5 Å². The molecule has 0 radical (unpaired) electrons. The van der Waals surface area contributed by atoms with E-state index in [1.807, 2.05) is 13.8 Å². The molecule has 0 atom stereocenters. The molecule has 0 aliphatic heterocycles. The average Bonchev–Trinajstić information content (AvgIpc) is 2.42. The fraction of sp³-hybridized carbons (Fsp3) is 1.00. The van der Waals surface area contributed by atoms with Crippen LogP contribution in [0.5, 0.6) is 0 Å². The van der Waals surface area contributed by atoms with Crippen LogP contribution >= 0.6 is 0 Å². The molecule has 1 spiro atoms. The predicted molar refractivity (Wildman–Crippen MR) is 87.4 cm³/mol. The van der Waals surface area contributed by atoms with Crippen molar-refractivity contribution in [2.45, 2.75) is 92.9 Å².